The van der Waals surface area contributed by atoms with Crippen molar-refractivity contribution in [1.29, 1.82) is 0 Å². The lowest BCUT2D eigenvalue weighted by molar-refractivity contribution is 0.941. The number of hydrogen-bond donors (Lipinski definition) is 0. The predicted octanol–water partition coefficient (Wildman–Crippen LogP) is 3.34. The van der Waals surface area contributed by atoms with Gasteiger partial charge in [0.25, 0.3) is 0 Å². The quantitative estimate of drug-likeness (QED) is 0.564. The van der Waals surface area contributed by atoms with Crippen molar-refractivity contribution in [2.75, 3.05) is 0 Å². The van der Waals surface area contributed by atoms with Gasteiger partial charge in [-0.1, -0.05) is 36.4 Å². The Morgan fingerprint density at radius 3 is 2.69 bits per heavy atom. The van der Waals surface area contributed by atoms with Crippen molar-refractivity contribution in [2.24, 2.45) is 0 Å². The molecular formula is C13H11. The van der Waals surface area contributed by atoms with E-state index in [1.165, 1.54) is 34.7 Å². The third kappa shape index (κ3) is 0.983. The van der Waals surface area contributed by atoms with Crippen LogP contribution in [0, 0.1) is 6.42 Å². The van der Waals surface area contributed by atoms with E-state index in [0.717, 1.165) is 0 Å². The predicted molar refractivity (Wildman–Crippen MR) is 55.7 cm³/mol. The fourth-order valence-corrected chi connectivity index (χ4v) is 2.21. The Labute approximate surface area is 78.2 Å². The molecule has 0 aliphatic heterocycles. The molecule has 3 rings (SSSR count). The fraction of sp³-hybridized carbons (Fsp3) is 0.154. The molecule has 13 heavy (non-hydrogen) atoms. The van der Waals surface area contributed by atoms with Crippen LogP contribution in [0.3, 0.4) is 0 Å². The monoisotopic (exact) mass is 167 g/mol. The molecule has 1 aliphatic carbocycles. The summed E-state index contributed by atoms with van der Waals surface area (Å²) in [6.45, 7) is 0. The van der Waals surface area contributed by atoms with E-state index in [-0.39, 0.29) is 0 Å². The summed E-state index contributed by atoms with van der Waals surface area (Å²) in [7, 11) is 0. The number of aryl methyl sites for hydroxylation is 1. The van der Waals surface area contributed by atoms with E-state index >= 15 is 0 Å². The zero-order valence-corrected chi connectivity index (χ0v) is 7.46. The van der Waals surface area contributed by atoms with Crippen LogP contribution in [0.15, 0.2) is 36.4 Å². The van der Waals surface area contributed by atoms with E-state index in [9.17, 15) is 0 Å². The van der Waals surface area contributed by atoms with Crippen molar-refractivity contribution < 1.29 is 0 Å². The number of rotatable bonds is 0. The van der Waals surface area contributed by atoms with Crippen molar-refractivity contribution >= 4 is 10.8 Å². The second kappa shape index (κ2) is 2.59. The molecule has 0 saturated heterocycles. The molecule has 0 fully saturated rings. The molecule has 0 amide bonds. The molecular weight excluding hydrogens is 156 g/mol. The molecule has 0 saturated carbocycles. The van der Waals surface area contributed by atoms with E-state index < -0.39 is 0 Å². The molecule has 0 aromatic heterocycles. The van der Waals surface area contributed by atoms with Gasteiger partial charge in [-0.05, 0) is 41.2 Å². The second-order valence-electron chi connectivity index (χ2n) is 3.61. The average Bonchev–Trinajstić information content (AvgIpc) is 2.19. The van der Waals surface area contributed by atoms with Crippen LogP contribution >= 0.6 is 0 Å². The minimum atomic E-state index is 1.19. The van der Waals surface area contributed by atoms with Crippen LogP contribution in [-0.2, 0) is 6.42 Å². The van der Waals surface area contributed by atoms with Gasteiger partial charge in [0.1, 0.15) is 0 Å². The minimum Gasteiger partial charge on any atom is -0.0614 e. The number of benzene rings is 2. The van der Waals surface area contributed by atoms with Gasteiger partial charge in [0.2, 0.25) is 0 Å². The van der Waals surface area contributed by atoms with Crippen molar-refractivity contribution in [1.82, 2.24) is 0 Å². The van der Waals surface area contributed by atoms with Crippen molar-refractivity contribution in [3.05, 3.63) is 53.9 Å². The van der Waals surface area contributed by atoms with Gasteiger partial charge in [0.15, 0.2) is 0 Å². The van der Waals surface area contributed by atoms with Gasteiger partial charge in [-0.15, -0.1) is 0 Å². The Hall–Kier alpha value is -1.30. The molecule has 0 atom stereocenters. The lowest BCUT2D eigenvalue weighted by atomic mass is 9.89. The summed E-state index contributed by atoms with van der Waals surface area (Å²) in [5, 5.41) is 2.85. The van der Waals surface area contributed by atoms with Crippen molar-refractivity contribution in [3.8, 4) is 0 Å². The van der Waals surface area contributed by atoms with E-state index in [4.69, 9.17) is 0 Å². The Morgan fingerprint density at radius 1 is 0.923 bits per heavy atom. The molecule has 1 aliphatic rings. The SMILES string of the molecule is [CH]1CCc2cccc3cccc1c23. The Bertz CT molecular complexity index is 416. The largest absolute Gasteiger partial charge is 0.0614 e. The Balaban J connectivity index is 2.49. The first-order chi connectivity index (χ1) is 6.45. The molecule has 2 aromatic rings. The van der Waals surface area contributed by atoms with Gasteiger partial charge < -0.3 is 0 Å². The van der Waals surface area contributed by atoms with Crippen LogP contribution in [0.25, 0.3) is 10.8 Å². The maximum absolute atomic E-state index is 2.34. The molecule has 0 unspecified atom stereocenters. The third-order valence-electron chi connectivity index (χ3n) is 2.80. The fourth-order valence-electron chi connectivity index (χ4n) is 2.21. The van der Waals surface area contributed by atoms with E-state index in [2.05, 4.69) is 42.8 Å². The topological polar surface area (TPSA) is 0 Å². The molecule has 1 radical (unpaired) electrons. The lowest BCUT2D eigenvalue weighted by Gasteiger charge is -2.16. The smallest absolute Gasteiger partial charge is 0.00833 e. The summed E-state index contributed by atoms with van der Waals surface area (Å²) in [4.78, 5) is 0. The minimum absolute atomic E-state index is 1.19. The van der Waals surface area contributed by atoms with Crippen LogP contribution in [0.5, 0.6) is 0 Å². The van der Waals surface area contributed by atoms with Gasteiger partial charge in [0.05, 0.1) is 0 Å². The molecule has 0 spiro atoms. The van der Waals surface area contributed by atoms with Crippen molar-refractivity contribution in [2.45, 2.75) is 12.8 Å². The normalized spacial score (nSPS) is 14.8. The molecule has 2 aromatic carbocycles. The first-order valence-corrected chi connectivity index (χ1v) is 4.79. The summed E-state index contributed by atoms with van der Waals surface area (Å²) in [6.07, 6.45) is 4.74. The highest BCUT2D eigenvalue weighted by Gasteiger charge is 2.10. The number of hydrogen-bond acceptors (Lipinski definition) is 0. The molecule has 0 heterocycles. The highest BCUT2D eigenvalue weighted by Crippen LogP contribution is 2.30. The van der Waals surface area contributed by atoms with E-state index in [1.807, 2.05) is 0 Å². The van der Waals surface area contributed by atoms with Crippen LogP contribution in [0.2, 0.25) is 0 Å². The zero-order valence-electron chi connectivity index (χ0n) is 7.46. The van der Waals surface area contributed by atoms with E-state index in [1.54, 1.807) is 0 Å². The van der Waals surface area contributed by atoms with E-state index in [0.29, 0.717) is 0 Å². The molecule has 0 heteroatoms. The third-order valence-corrected chi connectivity index (χ3v) is 2.80. The first kappa shape index (κ1) is 7.14. The maximum atomic E-state index is 2.34. The average molecular weight is 167 g/mol. The highest BCUT2D eigenvalue weighted by molar-refractivity contribution is 5.90. The van der Waals surface area contributed by atoms with Crippen LogP contribution in [0.4, 0.5) is 0 Å². The summed E-state index contributed by atoms with van der Waals surface area (Å²) in [5.74, 6) is 0. The van der Waals surface area contributed by atoms with Crippen LogP contribution in [-0.4, -0.2) is 0 Å². The summed E-state index contributed by atoms with van der Waals surface area (Å²) >= 11 is 0. The van der Waals surface area contributed by atoms with Gasteiger partial charge in [-0.2, -0.15) is 0 Å². The molecule has 63 valence electrons. The van der Waals surface area contributed by atoms with Crippen LogP contribution < -0.4 is 0 Å². The Kier molecular flexibility index (Phi) is 1.42. The highest BCUT2D eigenvalue weighted by atomic mass is 14.1. The first-order valence-electron chi connectivity index (χ1n) is 4.79. The standard InChI is InChI=1S/C13H11/c1-4-10-6-2-8-12-9-3-7-11(5-1)13(10)12/h1-2,4-8H,3,9H2. The molecule has 0 nitrogen and oxygen atoms in total. The van der Waals surface area contributed by atoms with Crippen molar-refractivity contribution in [3.63, 3.8) is 0 Å². The summed E-state index contributed by atoms with van der Waals surface area (Å²) < 4.78 is 0. The van der Waals surface area contributed by atoms with Gasteiger partial charge >= 0.3 is 0 Å². The zero-order chi connectivity index (χ0) is 8.67. The van der Waals surface area contributed by atoms with Gasteiger partial charge in [-0.3, -0.25) is 0 Å². The van der Waals surface area contributed by atoms with Gasteiger partial charge in [-0.25, -0.2) is 0 Å². The second-order valence-corrected chi connectivity index (χ2v) is 3.61. The molecule has 0 N–H and O–H groups in total. The van der Waals surface area contributed by atoms with Gasteiger partial charge in [0, 0.05) is 0 Å². The van der Waals surface area contributed by atoms with Crippen LogP contribution in [0.1, 0.15) is 17.5 Å². The lowest BCUT2D eigenvalue weighted by Crippen LogP contribution is -1.98. The summed E-state index contributed by atoms with van der Waals surface area (Å²) in [5.41, 5.74) is 2.93. The summed E-state index contributed by atoms with van der Waals surface area (Å²) in [6, 6.07) is 13.2. The molecule has 0 bridgehead atoms. The maximum Gasteiger partial charge on any atom is -0.00833 e. The Morgan fingerprint density at radius 2 is 1.77 bits per heavy atom.